The molecule has 21 heavy (non-hydrogen) atoms. The fourth-order valence-electron chi connectivity index (χ4n) is 3.26. The first-order chi connectivity index (χ1) is 10.3. The van der Waals surface area contributed by atoms with E-state index in [1.807, 2.05) is 0 Å². The molecule has 1 heterocycles. The molecule has 2 nitrogen and oxygen atoms in total. The molecule has 2 unspecified atom stereocenters. The molecule has 0 aromatic heterocycles. The van der Waals surface area contributed by atoms with Gasteiger partial charge in [-0.1, -0.05) is 45.4 Å². The third-order valence-electron chi connectivity index (χ3n) is 4.86. The summed E-state index contributed by atoms with van der Waals surface area (Å²) < 4.78 is 0. The van der Waals surface area contributed by atoms with Gasteiger partial charge in [-0.3, -0.25) is 0 Å². The van der Waals surface area contributed by atoms with Crippen LogP contribution in [0.5, 0.6) is 0 Å². The molecule has 0 aliphatic carbocycles. The number of anilines is 1. The highest BCUT2D eigenvalue weighted by Gasteiger charge is 2.21. The summed E-state index contributed by atoms with van der Waals surface area (Å²) in [7, 11) is 0. The zero-order chi connectivity index (χ0) is 15.1. The molecule has 0 spiro atoms. The Kier molecular flexibility index (Phi) is 6.56. The Balaban J connectivity index is 2.11. The first-order valence-electron chi connectivity index (χ1n) is 8.82. The largest absolute Gasteiger partial charge is 0.370 e. The van der Waals surface area contributed by atoms with Crippen molar-refractivity contribution in [2.75, 3.05) is 24.5 Å². The van der Waals surface area contributed by atoms with Gasteiger partial charge in [0.15, 0.2) is 0 Å². The number of benzene rings is 1. The molecule has 118 valence electrons. The number of hydrogen-bond acceptors (Lipinski definition) is 2. The third kappa shape index (κ3) is 4.47. The number of rotatable bonds is 7. The van der Waals surface area contributed by atoms with Crippen molar-refractivity contribution in [3.8, 4) is 0 Å². The van der Waals surface area contributed by atoms with Gasteiger partial charge in [-0.15, -0.1) is 0 Å². The second kappa shape index (κ2) is 8.43. The van der Waals surface area contributed by atoms with Gasteiger partial charge in [0, 0.05) is 24.8 Å². The van der Waals surface area contributed by atoms with E-state index in [1.165, 1.54) is 49.9 Å². The highest BCUT2D eigenvalue weighted by molar-refractivity contribution is 5.54. The summed E-state index contributed by atoms with van der Waals surface area (Å²) in [5.74, 6) is 0.729. The molecule has 0 saturated carbocycles. The van der Waals surface area contributed by atoms with E-state index in [9.17, 15) is 0 Å². The predicted molar refractivity (Wildman–Crippen MR) is 93.1 cm³/mol. The van der Waals surface area contributed by atoms with Crippen LogP contribution in [0.2, 0.25) is 0 Å². The monoisotopic (exact) mass is 288 g/mol. The Hall–Kier alpha value is -1.02. The van der Waals surface area contributed by atoms with Crippen molar-refractivity contribution >= 4 is 5.69 Å². The van der Waals surface area contributed by atoms with Crippen molar-refractivity contribution in [1.29, 1.82) is 0 Å². The predicted octanol–water partition coefficient (Wildman–Crippen LogP) is 4.24. The Labute approximate surface area is 130 Å². The second-order valence-electron chi connectivity index (χ2n) is 6.48. The molecule has 1 aromatic rings. The lowest BCUT2D eigenvalue weighted by atomic mass is 9.98. The molecule has 2 rings (SSSR count). The van der Waals surface area contributed by atoms with Crippen LogP contribution in [0.15, 0.2) is 24.3 Å². The lowest BCUT2D eigenvalue weighted by Crippen LogP contribution is -2.45. The van der Waals surface area contributed by atoms with Crippen molar-refractivity contribution in [1.82, 2.24) is 5.32 Å². The van der Waals surface area contributed by atoms with Gasteiger partial charge in [0.1, 0.15) is 0 Å². The zero-order valence-electron chi connectivity index (χ0n) is 14.1. The minimum atomic E-state index is 0.598. The minimum Gasteiger partial charge on any atom is -0.370 e. The summed E-state index contributed by atoms with van der Waals surface area (Å²) in [5.41, 5.74) is 3.01. The molecule has 1 aliphatic heterocycles. The molecule has 2 atom stereocenters. The van der Waals surface area contributed by atoms with Gasteiger partial charge in [0.2, 0.25) is 0 Å². The van der Waals surface area contributed by atoms with E-state index in [0.717, 1.165) is 19.0 Å². The minimum absolute atomic E-state index is 0.598. The molecule has 0 bridgehead atoms. The molecule has 0 fully saturated rings. The number of aryl methyl sites for hydroxylation is 1. The number of fused-ring (bicyclic) bond motifs is 1. The maximum atomic E-state index is 3.78. The Morgan fingerprint density at radius 3 is 2.76 bits per heavy atom. The Morgan fingerprint density at radius 2 is 2.00 bits per heavy atom. The van der Waals surface area contributed by atoms with Crippen molar-refractivity contribution in [2.45, 2.75) is 58.9 Å². The maximum absolute atomic E-state index is 3.78. The summed E-state index contributed by atoms with van der Waals surface area (Å²) in [5, 5.41) is 3.78. The van der Waals surface area contributed by atoms with Crippen LogP contribution in [0.1, 0.15) is 52.0 Å². The summed E-state index contributed by atoms with van der Waals surface area (Å²) in [4.78, 5) is 2.63. The van der Waals surface area contributed by atoms with E-state index in [4.69, 9.17) is 0 Å². The van der Waals surface area contributed by atoms with Crippen molar-refractivity contribution in [3.63, 3.8) is 0 Å². The van der Waals surface area contributed by atoms with E-state index in [1.54, 1.807) is 0 Å². The molecular weight excluding hydrogens is 256 g/mol. The average Bonchev–Trinajstić information content (AvgIpc) is 2.73. The van der Waals surface area contributed by atoms with Crippen LogP contribution in [0.4, 0.5) is 5.69 Å². The van der Waals surface area contributed by atoms with E-state index in [2.05, 4.69) is 55.3 Å². The fraction of sp³-hybridized carbons (Fsp3) is 0.684. The van der Waals surface area contributed by atoms with Gasteiger partial charge < -0.3 is 10.2 Å². The summed E-state index contributed by atoms with van der Waals surface area (Å²) >= 11 is 0. The fourth-order valence-corrected chi connectivity index (χ4v) is 3.26. The van der Waals surface area contributed by atoms with E-state index in [-0.39, 0.29) is 0 Å². The molecule has 0 saturated heterocycles. The Bertz CT molecular complexity index is 416. The van der Waals surface area contributed by atoms with Gasteiger partial charge in [-0.2, -0.15) is 0 Å². The highest BCUT2D eigenvalue weighted by atomic mass is 15.2. The summed E-state index contributed by atoms with van der Waals surface area (Å²) in [6.07, 6.45) is 6.34. The van der Waals surface area contributed by atoms with E-state index >= 15 is 0 Å². The number of hydrogen-bond donors (Lipinski definition) is 1. The van der Waals surface area contributed by atoms with Crippen LogP contribution in [-0.2, 0) is 6.42 Å². The normalized spacial score (nSPS) is 18.0. The van der Waals surface area contributed by atoms with Gasteiger partial charge in [0.05, 0.1) is 0 Å². The lowest BCUT2D eigenvalue weighted by Gasteiger charge is -2.33. The zero-order valence-corrected chi connectivity index (χ0v) is 14.1. The average molecular weight is 288 g/mol. The first kappa shape index (κ1) is 16.4. The van der Waals surface area contributed by atoms with Crippen molar-refractivity contribution < 1.29 is 0 Å². The van der Waals surface area contributed by atoms with Crippen LogP contribution in [0, 0.1) is 5.92 Å². The number of para-hydroxylation sites is 1. The van der Waals surface area contributed by atoms with E-state index in [0.29, 0.717) is 6.04 Å². The second-order valence-corrected chi connectivity index (χ2v) is 6.48. The van der Waals surface area contributed by atoms with Gasteiger partial charge >= 0.3 is 0 Å². The quantitative estimate of drug-likeness (QED) is 0.807. The first-order valence-corrected chi connectivity index (χ1v) is 8.82. The molecule has 1 aliphatic rings. The topological polar surface area (TPSA) is 15.3 Å². The van der Waals surface area contributed by atoms with Gasteiger partial charge in [-0.25, -0.2) is 0 Å². The molecule has 1 N–H and O–H groups in total. The lowest BCUT2D eigenvalue weighted by molar-refractivity contribution is 0.366. The maximum Gasteiger partial charge on any atom is 0.0399 e. The molecular formula is C19H32N2. The van der Waals surface area contributed by atoms with Crippen molar-refractivity contribution in [3.05, 3.63) is 29.8 Å². The van der Waals surface area contributed by atoms with Crippen molar-refractivity contribution in [2.24, 2.45) is 5.92 Å². The van der Waals surface area contributed by atoms with Gasteiger partial charge in [0.25, 0.3) is 0 Å². The molecule has 2 heteroatoms. The molecule has 0 radical (unpaired) electrons. The van der Waals surface area contributed by atoms with E-state index < -0.39 is 0 Å². The van der Waals surface area contributed by atoms with Crippen LogP contribution in [0.25, 0.3) is 0 Å². The molecule has 0 amide bonds. The SMILES string of the molecule is CCCNC(CN1CCCCc2ccccc21)C(C)CC. The van der Waals surface area contributed by atoms with Crippen LogP contribution >= 0.6 is 0 Å². The highest BCUT2D eigenvalue weighted by Crippen LogP contribution is 2.27. The van der Waals surface area contributed by atoms with Crippen LogP contribution in [-0.4, -0.2) is 25.7 Å². The smallest absolute Gasteiger partial charge is 0.0399 e. The Morgan fingerprint density at radius 1 is 1.19 bits per heavy atom. The summed E-state index contributed by atoms with van der Waals surface area (Å²) in [6, 6.07) is 9.60. The number of nitrogens with one attached hydrogen (secondary N) is 1. The third-order valence-corrected chi connectivity index (χ3v) is 4.86. The summed E-state index contributed by atoms with van der Waals surface area (Å²) in [6.45, 7) is 10.4. The molecule has 1 aromatic carbocycles. The van der Waals surface area contributed by atoms with Crippen LogP contribution in [0.3, 0.4) is 0 Å². The standard InChI is InChI=1S/C19H32N2/c1-4-13-20-18(16(3)5-2)15-21-14-9-8-11-17-10-6-7-12-19(17)21/h6-7,10,12,16,18,20H,4-5,8-9,11,13-15H2,1-3H3. The van der Waals surface area contributed by atoms with Gasteiger partial charge in [-0.05, 0) is 49.8 Å². The number of nitrogens with zero attached hydrogens (tertiary/aromatic N) is 1. The van der Waals surface area contributed by atoms with Crippen LogP contribution < -0.4 is 10.2 Å².